The lowest BCUT2D eigenvalue weighted by Crippen LogP contribution is -2.17. The number of nitrogens with one attached hydrogen (secondary N) is 1. The van der Waals surface area contributed by atoms with E-state index < -0.39 is 24.0 Å². The van der Waals surface area contributed by atoms with Crippen LogP contribution in [-0.4, -0.2) is 27.3 Å². The van der Waals surface area contributed by atoms with Crippen LogP contribution in [0.5, 0.6) is 0 Å². The molecule has 0 radical (unpaired) electrons. The van der Waals surface area contributed by atoms with E-state index in [1.807, 2.05) is 6.07 Å². The molecule has 2 aromatic heterocycles. The predicted octanol–water partition coefficient (Wildman–Crippen LogP) is 5.85. The Balaban J connectivity index is 1.52. The Morgan fingerprint density at radius 2 is 2.03 bits per heavy atom. The number of carboxylic acid groups (broad SMARTS) is 1. The number of aryl methyl sites for hydroxylation is 1. The van der Waals surface area contributed by atoms with Gasteiger partial charge < -0.3 is 14.4 Å². The highest BCUT2D eigenvalue weighted by Gasteiger charge is 2.22. The third kappa shape index (κ3) is 5.12. The van der Waals surface area contributed by atoms with Gasteiger partial charge in [-0.05, 0) is 31.5 Å². The van der Waals surface area contributed by atoms with Gasteiger partial charge in [0.1, 0.15) is 34.0 Å². The maximum absolute atomic E-state index is 14.0. The Morgan fingerprint density at radius 3 is 2.79 bits per heavy atom. The Labute approximate surface area is 198 Å². The maximum Gasteiger partial charge on any atom is 0.412 e. The molecular weight excluding hydrogens is 461 g/mol. The maximum atomic E-state index is 14.0. The van der Waals surface area contributed by atoms with Gasteiger partial charge in [0.15, 0.2) is 0 Å². The molecule has 0 aliphatic carbocycles. The zero-order valence-corrected chi connectivity index (χ0v) is 19.1. The lowest BCUT2D eigenvalue weighted by Gasteiger charge is -2.14. The van der Waals surface area contributed by atoms with Gasteiger partial charge in [0.25, 0.3) is 0 Å². The fourth-order valence-electron chi connectivity index (χ4n) is 3.35. The molecule has 2 heterocycles. The number of aromatic nitrogens is 2. The second-order valence-corrected chi connectivity index (χ2v) is 8.33. The number of rotatable bonds is 7. The Morgan fingerprint density at radius 1 is 1.24 bits per heavy atom. The van der Waals surface area contributed by atoms with Crippen LogP contribution < -0.4 is 5.32 Å². The van der Waals surface area contributed by atoms with E-state index in [0.29, 0.717) is 27.6 Å². The van der Waals surface area contributed by atoms with Gasteiger partial charge in [-0.25, -0.2) is 14.2 Å². The number of aliphatic carboxylic acids is 1. The number of carbonyl (C=O) groups is 2. The summed E-state index contributed by atoms with van der Waals surface area (Å²) in [5.41, 5.74) is 2.84. The van der Waals surface area contributed by atoms with Crippen molar-refractivity contribution in [1.82, 2.24) is 10.1 Å². The molecular formula is C24H20FN3O5S. The van der Waals surface area contributed by atoms with Crippen molar-refractivity contribution >= 4 is 29.1 Å². The Kier molecular flexibility index (Phi) is 6.69. The van der Waals surface area contributed by atoms with E-state index in [0.717, 1.165) is 5.56 Å². The van der Waals surface area contributed by atoms with Gasteiger partial charge in [0.05, 0.1) is 6.42 Å². The van der Waals surface area contributed by atoms with Crippen molar-refractivity contribution in [2.75, 3.05) is 5.32 Å². The van der Waals surface area contributed by atoms with E-state index in [4.69, 9.17) is 14.4 Å². The molecule has 4 rings (SSSR count). The first kappa shape index (κ1) is 23.1. The number of anilines is 1. The van der Waals surface area contributed by atoms with Crippen molar-refractivity contribution in [3.63, 3.8) is 0 Å². The summed E-state index contributed by atoms with van der Waals surface area (Å²) >= 11 is 1.34. The fraction of sp³-hybridized carbons (Fsp3) is 0.167. The minimum atomic E-state index is -0.916. The number of carbonyl (C=O) groups excluding carboxylic acids is 1. The van der Waals surface area contributed by atoms with Gasteiger partial charge in [-0.1, -0.05) is 41.6 Å². The van der Waals surface area contributed by atoms with Crippen LogP contribution in [0.1, 0.15) is 29.8 Å². The zero-order chi connectivity index (χ0) is 24.2. The third-order valence-corrected chi connectivity index (χ3v) is 5.87. The van der Waals surface area contributed by atoms with Crippen LogP contribution in [0.25, 0.3) is 22.0 Å². The van der Waals surface area contributed by atoms with Crippen molar-refractivity contribution in [2.24, 2.45) is 0 Å². The molecule has 1 atom stereocenters. The normalized spacial score (nSPS) is 11.7. The number of carboxylic acids is 1. The summed E-state index contributed by atoms with van der Waals surface area (Å²) in [5, 5.41) is 18.0. The molecule has 0 aliphatic rings. The molecule has 0 aliphatic heterocycles. The van der Waals surface area contributed by atoms with E-state index in [-0.39, 0.29) is 17.7 Å². The molecule has 0 spiro atoms. The smallest absolute Gasteiger partial charge is 0.412 e. The van der Waals surface area contributed by atoms with Crippen LogP contribution in [0.3, 0.4) is 0 Å². The number of hydrogen-bond donors (Lipinski definition) is 2. The molecule has 2 aromatic carbocycles. The first-order valence-corrected chi connectivity index (χ1v) is 11.1. The third-order valence-electron chi connectivity index (χ3n) is 4.98. The second-order valence-electron chi connectivity index (χ2n) is 7.47. The number of benzene rings is 2. The number of hydrogen-bond acceptors (Lipinski definition) is 7. The number of halogens is 1. The van der Waals surface area contributed by atoms with E-state index in [1.54, 1.807) is 55.6 Å². The molecule has 1 amide bonds. The molecule has 0 fully saturated rings. The molecule has 0 saturated carbocycles. The SMILES string of the molecule is Cc1noc(-c2csc(-c3cccc(CC(=O)O)c3)n2)c1NC(=O)O[C@H](C)c1ccccc1F. The number of thiazole rings is 1. The molecule has 0 bridgehead atoms. The van der Waals surface area contributed by atoms with Crippen LogP contribution in [0, 0.1) is 12.7 Å². The molecule has 0 saturated heterocycles. The summed E-state index contributed by atoms with van der Waals surface area (Å²) in [4.78, 5) is 28.1. The molecule has 2 N–H and O–H groups in total. The predicted molar refractivity (Wildman–Crippen MR) is 124 cm³/mol. The van der Waals surface area contributed by atoms with Crippen molar-refractivity contribution in [2.45, 2.75) is 26.4 Å². The van der Waals surface area contributed by atoms with E-state index >= 15 is 0 Å². The van der Waals surface area contributed by atoms with Gasteiger partial charge >= 0.3 is 12.1 Å². The quantitative estimate of drug-likeness (QED) is 0.340. The van der Waals surface area contributed by atoms with E-state index in [2.05, 4.69) is 15.5 Å². The summed E-state index contributed by atoms with van der Waals surface area (Å²) in [7, 11) is 0. The van der Waals surface area contributed by atoms with Gasteiger partial charge in [0.2, 0.25) is 5.76 Å². The number of ether oxygens (including phenoxy) is 1. The number of nitrogens with zero attached hydrogens (tertiary/aromatic N) is 2. The lowest BCUT2D eigenvalue weighted by molar-refractivity contribution is -0.136. The first-order valence-electron chi connectivity index (χ1n) is 10.3. The summed E-state index contributed by atoms with van der Waals surface area (Å²) in [6, 6.07) is 13.2. The minimum Gasteiger partial charge on any atom is -0.481 e. The molecule has 4 aromatic rings. The van der Waals surface area contributed by atoms with Gasteiger partial charge in [-0.3, -0.25) is 10.1 Å². The molecule has 10 heteroatoms. The Bertz CT molecular complexity index is 1350. The average Bonchev–Trinajstić information content (AvgIpc) is 3.41. The first-order chi connectivity index (χ1) is 16.3. The average molecular weight is 482 g/mol. The van der Waals surface area contributed by atoms with E-state index in [9.17, 15) is 14.0 Å². The second kappa shape index (κ2) is 9.84. The highest BCUT2D eigenvalue weighted by Crippen LogP contribution is 2.35. The van der Waals surface area contributed by atoms with Crippen molar-refractivity contribution in [3.05, 3.63) is 76.5 Å². The molecule has 34 heavy (non-hydrogen) atoms. The highest BCUT2D eigenvalue weighted by atomic mass is 32.1. The number of amides is 1. The summed E-state index contributed by atoms with van der Waals surface area (Å²) in [6.07, 6.45) is -1.69. The molecule has 0 unspecified atom stereocenters. The minimum absolute atomic E-state index is 0.0884. The van der Waals surface area contributed by atoms with Gasteiger partial charge in [0, 0.05) is 16.5 Å². The van der Waals surface area contributed by atoms with Crippen LogP contribution in [-0.2, 0) is 16.0 Å². The summed E-state index contributed by atoms with van der Waals surface area (Å²) in [6.45, 7) is 3.23. The lowest BCUT2D eigenvalue weighted by atomic mass is 10.1. The van der Waals surface area contributed by atoms with Crippen LogP contribution in [0.2, 0.25) is 0 Å². The molecule has 174 valence electrons. The summed E-state index contributed by atoms with van der Waals surface area (Å²) in [5.74, 6) is -1.13. The van der Waals surface area contributed by atoms with Crippen LogP contribution in [0.15, 0.2) is 58.4 Å². The largest absolute Gasteiger partial charge is 0.481 e. The van der Waals surface area contributed by atoms with Crippen LogP contribution >= 0.6 is 11.3 Å². The fourth-order valence-corrected chi connectivity index (χ4v) is 4.15. The van der Waals surface area contributed by atoms with Gasteiger partial charge in [-0.2, -0.15) is 0 Å². The monoisotopic (exact) mass is 481 g/mol. The topological polar surface area (TPSA) is 115 Å². The highest BCUT2D eigenvalue weighted by molar-refractivity contribution is 7.13. The van der Waals surface area contributed by atoms with Gasteiger partial charge in [-0.15, -0.1) is 11.3 Å². The van der Waals surface area contributed by atoms with E-state index in [1.165, 1.54) is 17.4 Å². The van der Waals surface area contributed by atoms with Crippen molar-refractivity contribution in [3.8, 4) is 22.0 Å². The van der Waals surface area contributed by atoms with Crippen molar-refractivity contribution in [1.29, 1.82) is 0 Å². The van der Waals surface area contributed by atoms with Crippen molar-refractivity contribution < 1.29 is 28.3 Å². The zero-order valence-electron chi connectivity index (χ0n) is 18.2. The Hall–Kier alpha value is -4.05. The molecule has 8 nitrogen and oxygen atoms in total. The van der Waals surface area contributed by atoms with Crippen LogP contribution in [0.4, 0.5) is 14.9 Å². The summed E-state index contributed by atoms with van der Waals surface area (Å²) < 4.78 is 24.7. The standard InChI is InChI=1S/C24H20FN3O5S/c1-13-21(27-24(31)32-14(2)17-8-3-4-9-18(17)25)22(33-28-13)19-12-34-23(26-19)16-7-5-6-15(10-16)11-20(29)30/h3-10,12,14H,11H2,1-2H3,(H,27,31)(H,29,30)/t14-/m1/s1.